The number of carbonyl (C=O) groups excluding carboxylic acids is 1. The number of amides is 1. The quantitative estimate of drug-likeness (QED) is 0.527. The topological polar surface area (TPSA) is 41.1 Å². The van der Waals surface area contributed by atoms with Crippen molar-refractivity contribution in [2.24, 2.45) is 5.92 Å². The summed E-state index contributed by atoms with van der Waals surface area (Å²) in [5, 5.41) is 6.36. The Balaban J connectivity index is 1.99. The molecular formula is C14H26N2O. The van der Waals surface area contributed by atoms with Gasteiger partial charge in [0.15, 0.2) is 0 Å². The largest absolute Gasteiger partial charge is 0.356 e. The molecule has 0 heterocycles. The van der Waals surface area contributed by atoms with E-state index < -0.39 is 0 Å². The lowest BCUT2D eigenvalue weighted by Crippen LogP contribution is -2.30. The van der Waals surface area contributed by atoms with Gasteiger partial charge in [-0.3, -0.25) is 4.79 Å². The van der Waals surface area contributed by atoms with Gasteiger partial charge in [0.2, 0.25) is 5.91 Å². The van der Waals surface area contributed by atoms with Gasteiger partial charge in [0, 0.05) is 19.0 Å². The molecule has 0 fully saturated rings. The zero-order valence-electron chi connectivity index (χ0n) is 11.2. The van der Waals surface area contributed by atoms with E-state index in [1.54, 1.807) is 0 Å². The molecule has 0 aliphatic heterocycles. The van der Waals surface area contributed by atoms with E-state index in [-0.39, 0.29) is 5.91 Å². The molecule has 1 unspecified atom stereocenters. The highest BCUT2D eigenvalue weighted by atomic mass is 16.1. The molecule has 0 bridgehead atoms. The molecule has 0 aromatic carbocycles. The molecule has 1 amide bonds. The lowest BCUT2D eigenvalue weighted by molar-refractivity contribution is -0.121. The van der Waals surface area contributed by atoms with Crippen LogP contribution in [0, 0.1) is 5.92 Å². The summed E-state index contributed by atoms with van der Waals surface area (Å²) in [5.74, 6) is 0.850. The zero-order chi connectivity index (χ0) is 12.5. The summed E-state index contributed by atoms with van der Waals surface area (Å²) < 4.78 is 0. The highest BCUT2D eigenvalue weighted by Crippen LogP contribution is 2.16. The van der Waals surface area contributed by atoms with E-state index >= 15 is 0 Å². The van der Waals surface area contributed by atoms with Crippen LogP contribution in [0.1, 0.15) is 46.0 Å². The first-order chi connectivity index (χ1) is 8.18. The number of hydrogen-bond acceptors (Lipinski definition) is 2. The molecule has 98 valence electrons. The molecule has 0 spiro atoms. The van der Waals surface area contributed by atoms with Crippen LogP contribution in [0.2, 0.25) is 0 Å². The van der Waals surface area contributed by atoms with Crippen LogP contribution in [-0.2, 0) is 4.79 Å². The van der Waals surface area contributed by atoms with E-state index in [1.165, 1.54) is 12.8 Å². The second kappa shape index (κ2) is 8.29. The molecule has 0 aromatic rings. The third-order valence-electron chi connectivity index (χ3n) is 3.10. The number of rotatable bonds is 7. The number of carbonyl (C=O) groups is 1. The van der Waals surface area contributed by atoms with Gasteiger partial charge in [-0.15, -0.1) is 0 Å². The molecule has 1 atom stereocenters. The molecule has 17 heavy (non-hydrogen) atoms. The van der Waals surface area contributed by atoms with E-state index in [2.05, 4.69) is 36.6 Å². The van der Waals surface area contributed by atoms with Crippen LogP contribution in [0.4, 0.5) is 0 Å². The summed E-state index contributed by atoms with van der Waals surface area (Å²) in [4.78, 5) is 11.6. The highest BCUT2D eigenvalue weighted by Gasteiger charge is 2.10. The maximum atomic E-state index is 11.6. The fraction of sp³-hybridized carbons (Fsp3) is 0.786. The van der Waals surface area contributed by atoms with E-state index in [9.17, 15) is 4.79 Å². The van der Waals surface area contributed by atoms with Gasteiger partial charge >= 0.3 is 0 Å². The Morgan fingerprint density at radius 1 is 1.41 bits per heavy atom. The SMILES string of the molecule is CC(C)NCCCC(=O)NCC1CC=CCC1. The van der Waals surface area contributed by atoms with Crippen LogP contribution in [0.5, 0.6) is 0 Å². The van der Waals surface area contributed by atoms with Gasteiger partial charge in [-0.05, 0) is 38.1 Å². The maximum Gasteiger partial charge on any atom is 0.220 e. The Hall–Kier alpha value is -0.830. The normalized spacial score (nSPS) is 19.6. The van der Waals surface area contributed by atoms with Crippen molar-refractivity contribution in [2.45, 2.75) is 52.0 Å². The van der Waals surface area contributed by atoms with Crippen molar-refractivity contribution >= 4 is 5.91 Å². The molecular weight excluding hydrogens is 212 g/mol. The van der Waals surface area contributed by atoms with Crippen molar-refractivity contribution in [1.82, 2.24) is 10.6 Å². The van der Waals surface area contributed by atoms with Gasteiger partial charge in [0.1, 0.15) is 0 Å². The van der Waals surface area contributed by atoms with Gasteiger partial charge < -0.3 is 10.6 Å². The minimum Gasteiger partial charge on any atom is -0.356 e. The number of nitrogens with one attached hydrogen (secondary N) is 2. The molecule has 2 N–H and O–H groups in total. The Bertz CT molecular complexity index is 249. The minimum absolute atomic E-state index is 0.199. The van der Waals surface area contributed by atoms with E-state index in [0.29, 0.717) is 18.4 Å². The van der Waals surface area contributed by atoms with E-state index in [4.69, 9.17) is 0 Å². The predicted molar refractivity (Wildman–Crippen MR) is 71.9 cm³/mol. The molecule has 0 saturated carbocycles. The molecule has 1 aliphatic rings. The van der Waals surface area contributed by atoms with Crippen molar-refractivity contribution in [2.75, 3.05) is 13.1 Å². The third kappa shape index (κ3) is 7.16. The van der Waals surface area contributed by atoms with E-state index in [1.807, 2.05) is 0 Å². The Kier molecular flexibility index (Phi) is 6.94. The Morgan fingerprint density at radius 3 is 2.88 bits per heavy atom. The van der Waals surface area contributed by atoms with Gasteiger partial charge in [-0.1, -0.05) is 26.0 Å². The summed E-state index contributed by atoms with van der Waals surface area (Å²) in [5.41, 5.74) is 0. The summed E-state index contributed by atoms with van der Waals surface area (Å²) in [6, 6.07) is 0.507. The van der Waals surface area contributed by atoms with Crippen LogP contribution < -0.4 is 10.6 Å². The molecule has 0 radical (unpaired) electrons. The van der Waals surface area contributed by atoms with Crippen molar-refractivity contribution in [1.29, 1.82) is 0 Å². The van der Waals surface area contributed by atoms with Gasteiger partial charge in [0.25, 0.3) is 0 Å². The molecule has 0 saturated heterocycles. The molecule has 3 heteroatoms. The lowest BCUT2D eigenvalue weighted by atomic mass is 9.94. The van der Waals surface area contributed by atoms with E-state index in [0.717, 1.165) is 25.9 Å². The van der Waals surface area contributed by atoms with Crippen molar-refractivity contribution < 1.29 is 4.79 Å². The molecule has 1 rings (SSSR count). The summed E-state index contributed by atoms with van der Waals surface area (Å²) >= 11 is 0. The first-order valence-corrected chi connectivity index (χ1v) is 6.83. The summed E-state index contributed by atoms with van der Waals surface area (Å²) in [7, 11) is 0. The number of hydrogen-bond donors (Lipinski definition) is 2. The molecule has 3 nitrogen and oxygen atoms in total. The fourth-order valence-corrected chi connectivity index (χ4v) is 2.03. The summed E-state index contributed by atoms with van der Waals surface area (Å²) in [6.45, 7) is 6.02. The smallest absolute Gasteiger partial charge is 0.220 e. The first kappa shape index (κ1) is 14.2. The third-order valence-corrected chi connectivity index (χ3v) is 3.10. The average Bonchev–Trinajstić information content (AvgIpc) is 2.33. The monoisotopic (exact) mass is 238 g/mol. The van der Waals surface area contributed by atoms with Crippen LogP contribution in [0.3, 0.4) is 0 Å². The van der Waals surface area contributed by atoms with Crippen LogP contribution >= 0.6 is 0 Å². The van der Waals surface area contributed by atoms with Crippen LogP contribution in [0.15, 0.2) is 12.2 Å². The van der Waals surface area contributed by atoms with Crippen molar-refractivity contribution in [3.63, 3.8) is 0 Å². The minimum atomic E-state index is 0.199. The van der Waals surface area contributed by atoms with Gasteiger partial charge in [-0.2, -0.15) is 0 Å². The lowest BCUT2D eigenvalue weighted by Gasteiger charge is -2.18. The second-order valence-electron chi connectivity index (χ2n) is 5.17. The Morgan fingerprint density at radius 2 is 2.24 bits per heavy atom. The van der Waals surface area contributed by atoms with Gasteiger partial charge in [0.05, 0.1) is 0 Å². The fourth-order valence-electron chi connectivity index (χ4n) is 2.03. The zero-order valence-corrected chi connectivity index (χ0v) is 11.2. The van der Waals surface area contributed by atoms with Crippen LogP contribution in [-0.4, -0.2) is 25.0 Å². The van der Waals surface area contributed by atoms with Crippen molar-refractivity contribution in [3.05, 3.63) is 12.2 Å². The standard InChI is InChI=1S/C14H26N2O/c1-12(2)15-10-6-9-14(17)16-11-13-7-4-3-5-8-13/h3-4,12-13,15H,5-11H2,1-2H3,(H,16,17). The first-order valence-electron chi connectivity index (χ1n) is 6.83. The molecule has 0 aromatic heterocycles. The average molecular weight is 238 g/mol. The summed E-state index contributed by atoms with van der Waals surface area (Å²) in [6.07, 6.45) is 9.53. The van der Waals surface area contributed by atoms with Gasteiger partial charge in [-0.25, -0.2) is 0 Å². The Labute approximate surface area is 105 Å². The maximum absolute atomic E-state index is 11.6. The highest BCUT2D eigenvalue weighted by molar-refractivity contribution is 5.75. The second-order valence-corrected chi connectivity index (χ2v) is 5.17. The number of allylic oxidation sites excluding steroid dienone is 2. The molecule has 1 aliphatic carbocycles. The van der Waals surface area contributed by atoms with Crippen molar-refractivity contribution in [3.8, 4) is 0 Å². The predicted octanol–water partition coefficient (Wildman–Crippen LogP) is 2.24. The van der Waals surface area contributed by atoms with Crippen LogP contribution in [0.25, 0.3) is 0 Å².